The van der Waals surface area contributed by atoms with Gasteiger partial charge in [-0.3, -0.25) is 9.78 Å². The Morgan fingerprint density at radius 3 is 2.93 bits per heavy atom. The van der Waals surface area contributed by atoms with Crippen molar-refractivity contribution in [2.75, 3.05) is 25.1 Å². The van der Waals surface area contributed by atoms with E-state index in [-0.39, 0.29) is 5.82 Å². The second kappa shape index (κ2) is 5.18. The summed E-state index contributed by atoms with van der Waals surface area (Å²) in [6.07, 6.45) is 0. The van der Waals surface area contributed by atoms with Crippen LogP contribution in [-0.2, 0) is 4.74 Å². The molecule has 0 amide bonds. The molecule has 0 saturated heterocycles. The fourth-order valence-electron chi connectivity index (χ4n) is 0.853. The fourth-order valence-corrected chi connectivity index (χ4v) is 0.853. The maximum atomic E-state index is 11.1. The molecule has 0 atom stereocenters. The third-order valence-electron chi connectivity index (χ3n) is 1.45. The van der Waals surface area contributed by atoms with Gasteiger partial charge in [0.05, 0.1) is 6.61 Å². The highest BCUT2D eigenvalue weighted by Gasteiger charge is 1.99. The lowest BCUT2D eigenvalue weighted by atomic mass is 10.6. The summed E-state index contributed by atoms with van der Waals surface area (Å²) in [5.74, 6) is 0.0873. The zero-order chi connectivity index (χ0) is 10.4. The Bertz CT molecular complexity index is 383. The summed E-state index contributed by atoms with van der Waals surface area (Å²) >= 11 is 0. The van der Waals surface area contributed by atoms with Gasteiger partial charge in [-0.1, -0.05) is 0 Å². The SMILES string of the molecule is CCOCCNc1n[nH]c(=O)[nH]c1=O. The normalized spacial score (nSPS) is 10.1. The van der Waals surface area contributed by atoms with Crippen LogP contribution < -0.4 is 16.6 Å². The maximum Gasteiger partial charge on any atom is 0.342 e. The predicted molar refractivity (Wildman–Crippen MR) is 50.5 cm³/mol. The lowest BCUT2D eigenvalue weighted by Crippen LogP contribution is -2.27. The van der Waals surface area contributed by atoms with E-state index < -0.39 is 11.2 Å². The molecule has 0 bridgehead atoms. The molecule has 0 saturated carbocycles. The molecule has 1 rings (SSSR count). The molecule has 14 heavy (non-hydrogen) atoms. The number of rotatable bonds is 5. The highest BCUT2D eigenvalue weighted by molar-refractivity contribution is 5.28. The number of ether oxygens (including phenoxy) is 1. The van der Waals surface area contributed by atoms with E-state index in [1.165, 1.54) is 0 Å². The van der Waals surface area contributed by atoms with Crippen molar-refractivity contribution in [2.45, 2.75) is 6.92 Å². The quantitative estimate of drug-likeness (QED) is 0.524. The van der Waals surface area contributed by atoms with Crippen molar-refractivity contribution in [1.82, 2.24) is 15.2 Å². The van der Waals surface area contributed by atoms with E-state index in [0.717, 1.165) is 0 Å². The first kappa shape index (κ1) is 10.5. The first-order chi connectivity index (χ1) is 6.74. The smallest absolute Gasteiger partial charge is 0.342 e. The van der Waals surface area contributed by atoms with E-state index in [1.54, 1.807) is 0 Å². The molecule has 0 radical (unpaired) electrons. The second-order valence-electron chi connectivity index (χ2n) is 2.48. The Balaban J connectivity index is 2.51. The van der Waals surface area contributed by atoms with Crippen molar-refractivity contribution in [3.63, 3.8) is 0 Å². The molecule has 7 heteroatoms. The van der Waals surface area contributed by atoms with Gasteiger partial charge in [-0.15, -0.1) is 5.10 Å². The van der Waals surface area contributed by atoms with Gasteiger partial charge < -0.3 is 10.1 Å². The molecule has 0 fully saturated rings. The Kier molecular flexibility index (Phi) is 3.86. The van der Waals surface area contributed by atoms with E-state index in [1.807, 2.05) is 11.9 Å². The molecule has 1 heterocycles. The Morgan fingerprint density at radius 1 is 1.50 bits per heavy atom. The van der Waals surface area contributed by atoms with Crippen LogP contribution in [0.2, 0.25) is 0 Å². The lowest BCUT2D eigenvalue weighted by molar-refractivity contribution is 0.158. The molecule has 0 aromatic carbocycles. The average molecular weight is 200 g/mol. The van der Waals surface area contributed by atoms with Crippen LogP contribution in [0.1, 0.15) is 6.92 Å². The Labute approximate surface area is 79.5 Å². The molecule has 1 aromatic rings. The van der Waals surface area contributed by atoms with Gasteiger partial charge in [0.15, 0.2) is 0 Å². The van der Waals surface area contributed by atoms with Gasteiger partial charge in [0.2, 0.25) is 5.82 Å². The molecule has 0 aliphatic carbocycles. The number of aromatic nitrogens is 3. The topological polar surface area (TPSA) is 99.9 Å². The minimum atomic E-state index is -0.620. The van der Waals surface area contributed by atoms with Crippen LogP contribution in [0.15, 0.2) is 9.59 Å². The lowest BCUT2D eigenvalue weighted by Gasteiger charge is -2.02. The van der Waals surface area contributed by atoms with Crippen LogP contribution in [0.3, 0.4) is 0 Å². The molecule has 0 unspecified atom stereocenters. The third-order valence-corrected chi connectivity index (χ3v) is 1.45. The molecular weight excluding hydrogens is 188 g/mol. The van der Waals surface area contributed by atoms with Crippen molar-refractivity contribution in [3.8, 4) is 0 Å². The number of nitrogens with zero attached hydrogens (tertiary/aromatic N) is 1. The van der Waals surface area contributed by atoms with Crippen LogP contribution in [-0.4, -0.2) is 34.9 Å². The number of nitrogens with one attached hydrogen (secondary N) is 3. The minimum Gasteiger partial charge on any atom is -0.380 e. The van der Waals surface area contributed by atoms with Crippen LogP contribution in [0.4, 0.5) is 5.82 Å². The molecule has 0 aliphatic rings. The maximum absolute atomic E-state index is 11.1. The molecule has 0 aliphatic heterocycles. The minimum absolute atomic E-state index is 0.0873. The first-order valence-corrected chi connectivity index (χ1v) is 4.24. The number of aromatic amines is 2. The summed E-state index contributed by atoms with van der Waals surface area (Å²) in [5, 5.41) is 8.37. The summed E-state index contributed by atoms with van der Waals surface area (Å²) in [6, 6.07) is 0. The number of anilines is 1. The van der Waals surface area contributed by atoms with Crippen molar-refractivity contribution >= 4 is 5.82 Å². The second-order valence-corrected chi connectivity index (χ2v) is 2.48. The Hall–Kier alpha value is -1.63. The van der Waals surface area contributed by atoms with Crippen LogP contribution in [0.5, 0.6) is 0 Å². The highest BCUT2D eigenvalue weighted by Crippen LogP contribution is 1.84. The summed E-state index contributed by atoms with van der Waals surface area (Å²) in [6.45, 7) is 3.45. The zero-order valence-corrected chi connectivity index (χ0v) is 7.79. The van der Waals surface area contributed by atoms with Gasteiger partial charge >= 0.3 is 5.69 Å². The number of hydrogen-bond donors (Lipinski definition) is 3. The summed E-state index contributed by atoms with van der Waals surface area (Å²) in [4.78, 5) is 23.7. The molecular formula is C7H12N4O3. The molecule has 3 N–H and O–H groups in total. The first-order valence-electron chi connectivity index (χ1n) is 4.24. The predicted octanol–water partition coefficient (Wildman–Crippen LogP) is -1.09. The fraction of sp³-hybridized carbons (Fsp3) is 0.571. The van der Waals surface area contributed by atoms with E-state index in [0.29, 0.717) is 19.8 Å². The van der Waals surface area contributed by atoms with Crippen LogP contribution in [0, 0.1) is 0 Å². The monoisotopic (exact) mass is 200 g/mol. The van der Waals surface area contributed by atoms with Gasteiger partial charge in [0.25, 0.3) is 5.56 Å². The standard InChI is InChI=1S/C7H12N4O3/c1-2-14-4-3-8-5-6(12)9-7(13)11-10-5/h2-4H2,1H3,(H,8,10)(H2,9,11,12,13). The number of hydrogen-bond acceptors (Lipinski definition) is 5. The van der Waals surface area contributed by atoms with Gasteiger partial charge in [-0.25, -0.2) is 9.89 Å². The zero-order valence-electron chi connectivity index (χ0n) is 7.79. The van der Waals surface area contributed by atoms with E-state index in [2.05, 4.69) is 15.5 Å². The molecule has 0 spiro atoms. The van der Waals surface area contributed by atoms with Crippen LogP contribution in [0.25, 0.3) is 0 Å². The van der Waals surface area contributed by atoms with Gasteiger partial charge in [-0.2, -0.15) is 0 Å². The highest BCUT2D eigenvalue weighted by atomic mass is 16.5. The van der Waals surface area contributed by atoms with Crippen molar-refractivity contribution < 1.29 is 4.74 Å². The summed E-state index contributed by atoms with van der Waals surface area (Å²) < 4.78 is 5.04. The van der Waals surface area contributed by atoms with Crippen molar-refractivity contribution in [1.29, 1.82) is 0 Å². The van der Waals surface area contributed by atoms with E-state index >= 15 is 0 Å². The average Bonchev–Trinajstić information content (AvgIpc) is 2.15. The third kappa shape index (κ3) is 3.02. The van der Waals surface area contributed by atoms with Crippen molar-refractivity contribution in [3.05, 3.63) is 20.8 Å². The molecule has 7 nitrogen and oxygen atoms in total. The van der Waals surface area contributed by atoms with E-state index in [4.69, 9.17) is 4.74 Å². The molecule has 78 valence electrons. The summed E-state index contributed by atoms with van der Waals surface area (Å²) in [5.41, 5.74) is -1.16. The van der Waals surface area contributed by atoms with Gasteiger partial charge in [-0.05, 0) is 6.92 Å². The van der Waals surface area contributed by atoms with E-state index in [9.17, 15) is 9.59 Å². The largest absolute Gasteiger partial charge is 0.380 e. The molecule has 1 aromatic heterocycles. The van der Waals surface area contributed by atoms with Crippen LogP contribution >= 0.6 is 0 Å². The summed E-state index contributed by atoms with van der Waals surface area (Å²) in [7, 11) is 0. The van der Waals surface area contributed by atoms with Gasteiger partial charge in [0, 0.05) is 13.2 Å². The van der Waals surface area contributed by atoms with Gasteiger partial charge in [0.1, 0.15) is 0 Å². The Morgan fingerprint density at radius 2 is 2.29 bits per heavy atom. The number of H-pyrrole nitrogens is 2. The van der Waals surface area contributed by atoms with Crippen molar-refractivity contribution in [2.24, 2.45) is 0 Å².